The number of alkyl halides is 20. The lowest BCUT2D eigenvalue weighted by molar-refractivity contribution is -0.386. The Morgan fingerprint density at radius 2 is 0.935 bits per heavy atom. The minimum Gasteiger partial charge on any atom is -0.342 e. The van der Waals surface area contributed by atoms with Crippen LogP contribution < -0.4 is 0 Å². The number of hydrogen-bond donors (Lipinski definition) is 0. The summed E-state index contributed by atoms with van der Waals surface area (Å²) in [5.41, 5.74) is -9.62. The summed E-state index contributed by atoms with van der Waals surface area (Å²) in [5, 5.41) is 0. The van der Waals surface area contributed by atoms with Gasteiger partial charge in [-0.05, 0) is 34.6 Å². The maximum absolute atomic E-state index is 14.0. The van der Waals surface area contributed by atoms with E-state index in [1.54, 1.807) is 0 Å². The Balaban J connectivity index is -0.000000612. The van der Waals surface area contributed by atoms with Crippen molar-refractivity contribution in [3.8, 4) is 0 Å². The normalized spacial score (nSPS) is 19.8. The summed E-state index contributed by atoms with van der Waals surface area (Å²) in [4.78, 5) is 0. The Morgan fingerprint density at radius 1 is 0.587 bits per heavy atom. The highest BCUT2D eigenvalue weighted by Gasteiger charge is 2.77. The summed E-state index contributed by atoms with van der Waals surface area (Å²) in [5.74, 6) is -18.7. The molecule has 0 bridgehead atoms. The highest BCUT2D eigenvalue weighted by atomic mass is 19.4. The number of ether oxygens (including phenoxy) is 3. The third-order valence-corrected chi connectivity index (χ3v) is 5.47. The SMILES string of the molecule is CC(C)OC(F)(F)C(F)C(F)(F)F.CCCC(F)(F)C(F)(OCC)C(C)(F)C(F)(F)F.COC(F)(C(C)(F)F)C(C)(F)C(F)(F)F. The van der Waals surface area contributed by atoms with Crippen LogP contribution in [0, 0.1) is 0 Å². The first-order chi connectivity index (χ1) is 19.8. The Kier molecular flexibility index (Phi) is 16.8. The Labute approximate surface area is 249 Å². The van der Waals surface area contributed by atoms with E-state index in [9.17, 15) is 87.8 Å². The van der Waals surface area contributed by atoms with Gasteiger partial charge in [-0.15, -0.1) is 0 Å². The molecular weight excluding hydrogens is 704 g/mol. The lowest BCUT2D eigenvalue weighted by Crippen LogP contribution is -2.65. The maximum atomic E-state index is 14.0. The average Bonchev–Trinajstić information content (AvgIpc) is 2.80. The van der Waals surface area contributed by atoms with Crippen LogP contribution in [-0.4, -0.2) is 85.5 Å². The van der Waals surface area contributed by atoms with E-state index in [2.05, 4.69) is 14.2 Å². The molecule has 282 valence electrons. The summed E-state index contributed by atoms with van der Waals surface area (Å²) in [6.45, 7) is 2.74. The van der Waals surface area contributed by atoms with Gasteiger partial charge < -0.3 is 14.2 Å². The molecule has 0 aromatic heterocycles. The third-order valence-electron chi connectivity index (χ3n) is 5.47. The molecule has 0 N–H and O–H groups in total. The molecule has 0 rings (SSSR count). The van der Waals surface area contributed by atoms with Gasteiger partial charge in [0, 0.05) is 27.1 Å². The number of halogens is 20. The van der Waals surface area contributed by atoms with Crippen molar-refractivity contribution in [3.05, 3.63) is 0 Å². The number of methoxy groups -OCH3 is 1. The molecule has 0 saturated carbocycles. The fraction of sp³-hybridized carbons (Fsp3) is 1.00. The van der Waals surface area contributed by atoms with Crippen LogP contribution >= 0.6 is 0 Å². The molecule has 0 aliphatic rings. The van der Waals surface area contributed by atoms with Crippen LogP contribution in [0.25, 0.3) is 0 Å². The zero-order valence-corrected chi connectivity index (χ0v) is 25.1. The van der Waals surface area contributed by atoms with E-state index in [0.29, 0.717) is 0 Å². The second kappa shape index (κ2) is 15.8. The lowest BCUT2D eigenvalue weighted by atomic mass is 9.89. The minimum atomic E-state index is -5.81. The van der Waals surface area contributed by atoms with E-state index in [0.717, 1.165) is 20.8 Å². The van der Waals surface area contributed by atoms with Crippen molar-refractivity contribution in [1.82, 2.24) is 0 Å². The molecule has 0 amide bonds. The van der Waals surface area contributed by atoms with Gasteiger partial charge in [0.15, 0.2) is 0 Å². The molecule has 0 aromatic rings. The zero-order valence-electron chi connectivity index (χ0n) is 25.1. The van der Waals surface area contributed by atoms with E-state index < -0.39 is 84.8 Å². The van der Waals surface area contributed by atoms with Crippen LogP contribution in [0.5, 0.6) is 0 Å². The summed E-state index contributed by atoms with van der Waals surface area (Å²) >= 11 is 0. The molecule has 0 aliphatic heterocycles. The molecule has 3 nitrogen and oxygen atoms in total. The van der Waals surface area contributed by atoms with Crippen molar-refractivity contribution in [1.29, 1.82) is 0 Å². The molecule has 46 heavy (non-hydrogen) atoms. The fourth-order valence-electron chi connectivity index (χ4n) is 2.97. The van der Waals surface area contributed by atoms with Crippen molar-refractivity contribution < 1.29 is 102 Å². The van der Waals surface area contributed by atoms with Gasteiger partial charge in [-0.25, -0.2) is 39.5 Å². The van der Waals surface area contributed by atoms with E-state index in [1.165, 1.54) is 6.92 Å². The maximum Gasteiger partial charge on any atom is 0.428 e. The first-order valence-electron chi connectivity index (χ1n) is 12.4. The molecule has 0 aromatic carbocycles. The van der Waals surface area contributed by atoms with E-state index in [1.807, 2.05) is 0 Å². The van der Waals surface area contributed by atoms with Crippen LogP contribution in [-0.2, 0) is 14.2 Å². The number of hydrogen-bond acceptors (Lipinski definition) is 3. The summed E-state index contributed by atoms with van der Waals surface area (Å²) in [6, 6.07) is 0. The van der Waals surface area contributed by atoms with Gasteiger partial charge in [0.2, 0.25) is 0 Å². The van der Waals surface area contributed by atoms with Crippen molar-refractivity contribution in [3.63, 3.8) is 0 Å². The van der Waals surface area contributed by atoms with Gasteiger partial charge in [0.25, 0.3) is 17.5 Å². The monoisotopic (exact) mass is 736 g/mol. The Bertz CT molecular complexity index is 891. The van der Waals surface area contributed by atoms with Crippen LogP contribution in [0.2, 0.25) is 0 Å². The molecule has 5 atom stereocenters. The molecule has 0 saturated heterocycles. The third kappa shape index (κ3) is 11.3. The van der Waals surface area contributed by atoms with Crippen LogP contribution in [0.1, 0.15) is 61.3 Å². The molecular formula is C23H32F20O3. The van der Waals surface area contributed by atoms with E-state index in [4.69, 9.17) is 0 Å². The predicted molar refractivity (Wildman–Crippen MR) is 120 cm³/mol. The smallest absolute Gasteiger partial charge is 0.342 e. The van der Waals surface area contributed by atoms with E-state index >= 15 is 0 Å². The van der Waals surface area contributed by atoms with Gasteiger partial charge in [0.1, 0.15) is 0 Å². The van der Waals surface area contributed by atoms with Gasteiger partial charge in [0.05, 0.1) is 6.10 Å². The molecule has 5 unspecified atom stereocenters. The highest BCUT2D eigenvalue weighted by Crippen LogP contribution is 2.53. The largest absolute Gasteiger partial charge is 0.428 e. The Hall–Kier alpha value is -1.52. The molecule has 0 radical (unpaired) electrons. The zero-order chi connectivity index (χ0) is 38.4. The quantitative estimate of drug-likeness (QED) is 0.187. The second-order valence-corrected chi connectivity index (χ2v) is 9.80. The first-order valence-corrected chi connectivity index (χ1v) is 12.4. The standard InChI is InChI=1S/C10H15F7O.C7H9F7O.C6H8F6O/c1-4-6-8(12,13)9(14,18-5-2)7(3,11)10(15,16)17;1-4(8,7(12,13)14)6(11,15-3)5(2,9)10;1-3(2)13-6(11,12)4(7)5(8,9)10/h4-6H2,1-3H3;1-3H3;3-4H,1-2H3. The van der Waals surface area contributed by atoms with Crippen molar-refractivity contribution >= 4 is 0 Å². The summed E-state index contributed by atoms with van der Waals surface area (Å²) in [6.07, 6.45) is -29.1. The first kappa shape index (κ1) is 48.9. The van der Waals surface area contributed by atoms with Crippen LogP contribution in [0.3, 0.4) is 0 Å². The van der Waals surface area contributed by atoms with Crippen LogP contribution in [0.15, 0.2) is 0 Å². The van der Waals surface area contributed by atoms with Gasteiger partial charge in [-0.1, -0.05) is 13.3 Å². The van der Waals surface area contributed by atoms with Gasteiger partial charge in [-0.2, -0.15) is 48.3 Å². The molecule has 0 fully saturated rings. The van der Waals surface area contributed by atoms with Crippen molar-refractivity contribution in [2.24, 2.45) is 0 Å². The van der Waals surface area contributed by atoms with E-state index in [-0.39, 0.29) is 34.3 Å². The molecule has 0 heterocycles. The van der Waals surface area contributed by atoms with Crippen LogP contribution in [0.4, 0.5) is 87.8 Å². The fourth-order valence-corrected chi connectivity index (χ4v) is 2.97. The molecule has 23 heteroatoms. The van der Waals surface area contributed by atoms with Gasteiger partial charge in [-0.3, -0.25) is 0 Å². The van der Waals surface area contributed by atoms with Crippen molar-refractivity contribution in [2.75, 3.05) is 13.7 Å². The Morgan fingerprint density at radius 3 is 1.13 bits per heavy atom. The predicted octanol–water partition coefficient (Wildman–Crippen LogP) is 10.6. The molecule has 0 spiro atoms. The summed E-state index contributed by atoms with van der Waals surface area (Å²) in [7, 11) is 0.237. The highest BCUT2D eigenvalue weighted by molar-refractivity contribution is 5.05. The van der Waals surface area contributed by atoms with Crippen molar-refractivity contribution in [2.45, 2.75) is 133 Å². The topological polar surface area (TPSA) is 27.7 Å². The van der Waals surface area contributed by atoms with Gasteiger partial charge >= 0.3 is 48.2 Å². The summed E-state index contributed by atoms with van der Waals surface area (Å²) < 4.78 is 261. The lowest BCUT2D eigenvalue weighted by Gasteiger charge is -2.41. The second-order valence-electron chi connectivity index (χ2n) is 9.80. The minimum absolute atomic E-state index is 0.194. The average molecular weight is 736 g/mol. The molecule has 0 aliphatic carbocycles. The number of rotatable bonds is 12.